The number of nitrogens with zero attached hydrogens (tertiary/aromatic N) is 1. The summed E-state index contributed by atoms with van der Waals surface area (Å²) in [5.74, 6) is -1.13. The Labute approximate surface area is 134 Å². The second-order valence-electron chi connectivity index (χ2n) is 5.44. The summed E-state index contributed by atoms with van der Waals surface area (Å²) in [6, 6.07) is 8.33. The largest absolute Gasteiger partial charge is 0.508 e. The van der Waals surface area contributed by atoms with Crippen LogP contribution in [0.5, 0.6) is 5.75 Å². The quantitative estimate of drug-likeness (QED) is 0.829. The van der Waals surface area contributed by atoms with Crippen molar-refractivity contribution in [2.75, 3.05) is 7.11 Å². The highest BCUT2D eigenvalue weighted by atomic mass is 16.5. The molecule has 1 unspecified atom stereocenters. The third-order valence-electron chi connectivity index (χ3n) is 3.58. The molecule has 2 rings (SSSR count). The number of hydrogen-bond donors (Lipinski definition) is 2. The molecule has 0 amide bonds. The molecule has 6 heteroatoms. The molecular formula is C17H18N2O4. The highest BCUT2D eigenvalue weighted by molar-refractivity contribution is 5.92. The standard InChI is InChI=1S/C17H18N2O4/c1-9(2)15-14(17(21)22-3)13(12(8-18)16(19)23-15)10-5-4-6-11(20)7-10/h4-7,9,13,20H,19H2,1-3H3. The smallest absolute Gasteiger partial charge is 0.338 e. The Bertz CT molecular complexity index is 741. The van der Waals surface area contributed by atoms with Crippen molar-refractivity contribution < 1.29 is 19.4 Å². The maximum atomic E-state index is 12.3. The van der Waals surface area contributed by atoms with Crippen LogP contribution in [-0.4, -0.2) is 18.2 Å². The van der Waals surface area contributed by atoms with E-state index in [0.29, 0.717) is 11.3 Å². The molecule has 0 radical (unpaired) electrons. The highest BCUT2D eigenvalue weighted by Gasteiger charge is 2.38. The molecular weight excluding hydrogens is 296 g/mol. The number of methoxy groups -OCH3 is 1. The third kappa shape index (κ3) is 2.99. The fourth-order valence-electron chi connectivity index (χ4n) is 2.57. The molecule has 0 fully saturated rings. The Morgan fingerprint density at radius 1 is 1.48 bits per heavy atom. The van der Waals surface area contributed by atoms with Gasteiger partial charge in [-0.1, -0.05) is 26.0 Å². The first kappa shape index (κ1) is 16.4. The summed E-state index contributed by atoms with van der Waals surface area (Å²) < 4.78 is 10.4. The fraction of sp³-hybridized carbons (Fsp3) is 0.294. The number of aromatic hydroxyl groups is 1. The zero-order valence-corrected chi connectivity index (χ0v) is 13.2. The SMILES string of the molecule is COC(=O)C1=C(C(C)C)OC(N)=C(C#N)C1c1cccc(O)c1. The number of carbonyl (C=O) groups excluding carboxylic acids is 1. The van der Waals surface area contributed by atoms with E-state index in [-0.39, 0.29) is 28.7 Å². The van der Waals surface area contributed by atoms with Gasteiger partial charge in [0.25, 0.3) is 0 Å². The number of benzene rings is 1. The van der Waals surface area contributed by atoms with E-state index in [9.17, 15) is 15.2 Å². The summed E-state index contributed by atoms with van der Waals surface area (Å²) in [7, 11) is 1.26. The van der Waals surface area contributed by atoms with Crippen molar-refractivity contribution in [3.05, 3.63) is 52.6 Å². The van der Waals surface area contributed by atoms with Crippen LogP contribution >= 0.6 is 0 Å². The number of ether oxygens (including phenoxy) is 2. The van der Waals surface area contributed by atoms with Gasteiger partial charge >= 0.3 is 5.97 Å². The van der Waals surface area contributed by atoms with E-state index >= 15 is 0 Å². The molecule has 6 nitrogen and oxygen atoms in total. The molecule has 1 atom stereocenters. The van der Waals surface area contributed by atoms with Gasteiger partial charge in [-0.15, -0.1) is 0 Å². The molecule has 0 saturated carbocycles. The molecule has 3 N–H and O–H groups in total. The summed E-state index contributed by atoms with van der Waals surface area (Å²) >= 11 is 0. The molecule has 0 bridgehead atoms. The van der Waals surface area contributed by atoms with Gasteiger partial charge in [-0.3, -0.25) is 0 Å². The molecule has 120 valence electrons. The lowest BCUT2D eigenvalue weighted by Gasteiger charge is -2.29. The van der Waals surface area contributed by atoms with E-state index in [2.05, 4.69) is 0 Å². The summed E-state index contributed by atoms with van der Waals surface area (Å²) in [4.78, 5) is 12.3. The van der Waals surface area contributed by atoms with Crippen molar-refractivity contribution in [1.29, 1.82) is 5.26 Å². The van der Waals surface area contributed by atoms with Crippen LogP contribution in [0.25, 0.3) is 0 Å². The van der Waals surface area contributed by atoms with Crippen LogP contribution in [0, 0.1) is 17.2 Å². The van der Waals surface area contributed by atoms with E-state index in [4.69, 9.17) is 15.2 Å². The minimum atomic E-state index is -0.745. The van der Waals surface area contributed by atoms with E-state index in [1.165, 1.54) is 19.2 Å². The zero-order chi connectivity index (χ0) is 17.1. The molecule has 0 spiro atoms. The van der Waals surface area contributed by atoms with Gasteiger partial charge in [-0.25, -0.2) is 4.79 Å². The van der Waals surface area contributed by atoms with Crippen LogP contribution in [0.15, 0.2) is 47.1 Å². The lowest BCUT2D eigenvalue weighted by molar-refractivity contribution is -0.136. The molecule has 0 saturated heterocycles. The van der Waals surface area contributed by atoms with Crippen molar-refractivity contribution in [2.45, 2.75) is 19.8 Å². The highest BCUT2D eigenvalue weighted by Crippen LogP contribution is 2.42. The van der Waals surface area contributed by atoms with Crippen molar-refractivity contribution in [2.24, 2.45) is 11.7 Å². The van der Waals surface area contributed by atoms with E-state index in [1.807, 2.05) is 19.9 Å². The van der Waals surface area contributed by atoms with Gasteiger partial charge in [0.05, 0.1) is 18.6 Å². The number of carbonyl (C=O) groups is 1. The maximum Gasteiger partial charge on any atom is 0.338 e. The predicted octanol–water partition coefficient (Wildman–Crippen LogP) is 2.28. The van der Waals surface area contributed by atoms with Crippen LogP contribution in [0.4, 0.5) is 0 Å². The fourth-order valence-corrected chi connectivity index (χ4v) is 2.57. The van der Waals surface area contributed by atoms with Crippen LogP contribution < -0.4 is 5.73 Å². The number of phenols is 1. The summed E-state index contributed by atoms with van der Waals surface area (Å²) in [6.07, 6.45) is 0. The summed E-state index contributed by atoms with van der Waals surface area (Å²) in [6.45, 7) is 3.70. The Hall–Kier alpha value is -2.94. The molecule has 0 aromatic heterocycles. The minimum Gasteiger partial charge on any atom is -0.508 e. The third-order valence-corrected chi connectivity index (χ3v) is 3.58. The number of allylic oxidation sites excluding steroid dienone is 2. The van der Waals surface area contributed by atoms with Crippen molar-refractivity contribution in [3.63, 3.8) is 0 Å². The Kier molecular flexibility index (Phi) is 4.60. The van der Waals surface area contributed by atoms with E-state index in [0.717, 1.165) is 0 Å². The minimum absolute atomic E-state index is 0.0279. The second kappa shape index (κ2) is 6.44. The van der Waals surface area contributed by atoms with Gasteiger partial charge in [0.2, 0.25) is 5.88 Å². The predicted molar refractivity (Wildman–Crippen MR) is 82.6 cm³/mol. The van der Waals surface area contributed by atoms with Crippen molar-refractivity contribution in [3.8, 4) is 11.8 Å². The number of nitriles is 1. The zero-order valence-electron chi connectivity index (χ0n) is 13.2. The van der Waals surface area contributed by atoms with E-state index < -0.39 is 11.9 Å². The van der Waals surface area contributed by atoms with Gasteiger partial charge in [-0.05, 0) is 17.7 Å². The second-order valence-corrected chi connectivity index (χ2v) is 5.44. The monoisotopic (exact) mass is 314 g/mol. The van der Waals surface area contributed by atoms with Crippen molar-refractivity contribution in [1.82, 2.24) is 0 Å². The summed E-state index contributed by atoms with van der Waals surface area (Å²) in [5.41, 5.74) is 6.77. The number of esters is 1. The van der Waals surface area contributed by atoms with Gasteiger partial charge < -0.3 is 20.3 Å². The first-order chi connectivity index (χ1) is 10.9. The summed E-state index contributed by atoms with van der Waals surface area (Å²) in [5, 5.41) is 19.2. The first-order valence-electron chi connectivity index (χ1n) is 7.09. The lowest BCUT2D eigenvalue weighted by atomic mass is 9.81. The molecule has 1 aromatic rings. The molecule has 1 aliphatic rings. The maximum absolute atomic E-state index is 12.3. The Balaban J connectivity index is 2.74. The average Bonchev–Trinajstić information content (AvgIpc) is 2.52. The topological polar surface area (TPSA) is 106 Å². The van der Waals surface area contributed by atoms with Gasteiger partial charge in [-0.2, -0.15) is 5.26 Å². The van der Waals surface area contributed by atoms with Gasteiger partial charge in [0.1, 0.15) is 23.2 Å². The number of rotatable bonds is 3. The van der Waals surface area contributed by atoms with Crippen LogP contribution in [0.3, 0.4) is 0 Å². The molecule has 0 aliphatic carbocycles. The normalized spacial score (nSPS) is 17.8. The van der Waals surface area contributed by atoms with Crippen LogP contribution in [0.2, 0.25) is 0 Å². The molecule has 1 aliphatic heterocycles. The lowest BCUT2D eigenvalue weighted by Crippen LogP contribution is -2.27. The van der Waals surface area contributed by atoms with Gasteiger partial charge in [0, 0.05) is 5.92 Å². The number of hydrogen-bond acceptors (Lipinski definition) is 6. The molecule has 23 heavy (non-hydrogen) atoms. The molecule has 1 aromatic carbocycles. The average molecular weight is 314 g/mol. The van der Waals surface area contributed by atoms with Crippen molar-refractivity contribution >= 4 is 5.97 Å². The van der Waals surface area contributed by atoms with Crippen LogP contribution in [-0.2, 0) is 14.3 Å². The number of nitrogens with two attached hydrogens (primary N) is 1. The van der Waals surface area contributed by atoms with E-state index in [1.54, 1.807) is 12.1 Å². The number of phenolic OH excluding ortho intramolecular Hbond substituents is 1. The Morgan fingerprint density at radius 2 is 2.17 bits per heavy atom. The Morgan fingerprint density at radius 3 is 2.70 bits per heavy atom. The van der Waals surface area contributed by atoms with Gasteiger partial charge in [0.15, 0.2) is 0 Å². The first-order valence-corrected chi connectivity index (χ1v) is 7.09. The molecule has 1 heterocycles. The van der Waals surface area contributed by atoms with Crippen LogP contribution in [0.1, 0.15) is 25.3 Å².